The molecule has 10 heteroatoms. The highest BCUT2D eigenvalue weighted by molar-refractivity contribution is 7.89. The minimum absolute atomic E-state index is 0.00757. The Morgan fingerprint density at radius 2 is 1.71 bits per heavy atom. The molecule has 3 heterocycles. The van der Waals surface area contributed by atoms with Crippen molar-refractivity contribution in [2.24, 2.45) is 0 Å². The Labute approximate surface area is 163 Å². The monoisotopic (exact) mass is 409 g/mol. The quantitative estimate of drug-likeness (QED) is 0.690. The molecule has 0 atom stereocenters. The number of amides is 2. The summed E-state index contributed by atoms with van der Waals surface area (Å²) in [6.07, 6.45) is 1.28. The standard InChI is InChI=1S/C18H23N3O6S/c22-17-2-1-5-20(17)13-18(23)19-6-8-21(9-7-19)28(24,25)14-3-4-15-16(12-14)27-11-10-26-15/h3-4,12H,1-2,5-11,13H2. The Morgan fingerprint density at radius 1 is 1.00 bits per heavy atom. The first-order chi connectivity index (χ1) is 13.4. The number of nitrogens with zero attached hydrogens (tertiary/aromatic N) is 3. The third kappa shape index (κ3) is 3.66. The van der Waals surface area contributed by atoms with Gasteiger partial charge in [0.1, 0.15) is 13.2 Å². The third-order valence-corrected chi connectivity index (χ3v) is 7.13. The van der Waals surface area contributed by atoms with E-state index in [1.165, 1.54) is 16.4 Å². The van der Waals surface area contributed by atoms with E-state index >= 15 is 0 Å². The first-order valence-electron chi connectivity index (χ1n) is 9.40. The molecule has 152 valence electrons. The molecule has 0 saturated carbocycles. The highest BCUT2D eigenvalue weighted by atomic mass is 32.2. The molecular formula is C18H23N3O6S. The Morgan fingerprint density at radius 3 is 2.39 bits per heavy atom. The van der Waals surface area contributed by atoms with E-state index in [1.54, 1.807) is 15.9 Å². The van der Waals surface area contributed by atoms with E-state index in [0.717, 1.165) is 6.42 Å². The normalized spacial score (nSPS) is 20.5. The molecule has 2 saturated heterocycles. The molecule has 9 nitrogen and oxygen atoms in total. The minimum Gasteiger partial charge on any atom is -0.486 e. The molecule has 1 aromatic rings. The van der Waals surface area contributed by atoms with Crippen LogP contribution in [-0.2, 0) is 19.6 Å². The maximum absolute atomic E-state index is 12.9. The van der Waals surface area contributed by atoms with Crippen molar-refractivity contribution in [1.82, 2.24) is 14.1 Å². The summed E-state index contributed by atoms with van der Waals surface area (Å²) in [5, 5.41) is 0. The Bertz CT molecular complexity index is 879. The largest absolute Gasteiger partial charge is 0.486 e. The van der Waals surface area contributed by atoms with E-state index in [2.05, 4.69) is 0 Å². The van der Waals surface area contributed by atoms with Crippen LogP contribution in [0.4, 0.5) is 0 Å². The lowest BCUT2D eigenvalue weighted by Gasteiger charge is -2.34. The van der Waals surface area contributed by atoms with Gasteiger partial charge in [0.2, 0.25) is 21.8 Å². The van der Waals surface area contributed by atoms with Crippen LogP contribution in [0.15, 0.2) is 23.1 Å². The van der Waals surface area contributed by atoms with Gasteiger partial charge in [-0.25, -0.2) is 8.42 Å². The van der Waals surface area contributed by atoms with Gasteiger partial charge in [0, 0.05) is 45.2 Å². The zero-order valence-electron chi connectivity index (χ0n) is 15.5. The van der Waals surface area contributed by atoms with Crippen molar-refractivity contribution in [3.05, 3.63) is 18.2 Å². The van der Waals surface area contributed by atoms with Crippen molar-refractivity contribution >= 4 is 21.8 Å². The molecule has 0 aromatic heterocycles. The number of hydrogen-bond acceptors (Lipinski definition) is 6. The average molecular weight is 409 g/mol. The van der Waals surface area contributed by atoms with Crippen molar-refractivity contribution in [3.8, 4) is 11.5 Å². The van der Waals surface area contributed by atoms with Gasteiger partial charge in [-0.3, -0.25) is 9.59 Å². The third-order valence-electron chi connectivity index (χ3n) is 5.24. The molecule has 2 fully saturated rings. The predicted octanol–water partition coefficient (Wildman–Crippen LogP) is -0.0869. The fourth-order valence-electron chi connectivity index (χ4n) is 3.65. The molecule has 1 aromatic carbocycles. The van der Waals surface area contributed by atoms with Gasteiger partial charge in [-0.05, 0) is 18.6 Å². The maximum Gasteiger partial charge on any atom is 0.243 e. The van der Waals surface area contributed by atoms with E-state index in [-0.39, 0.29) is 36.3 Å². The summed E-state index contributed by atoms with van der Waals surface area (Å²) in [6.45, 7) is 2.58. The summed E-state index contributed by atoms with van der Waals surface area (Å²) >= 11 is 0. The second kappa shape index (κ2) is 7.59. The van der Waals surface area contributed by atoms with Crippen LogP contribution >= 0.6 is 0 Å². The van der Waals surface area contributed by atoms with Crippen molar-refractivity contribution in [3.63, 3.8) is 0 Å². The van der Waals surface area contributed by atoms with Gasteiger partial charge in [0.25, 0.3) is 0 Å². The SMILES string of the molecule is O=C(CN1CCCC1=O)N1CCN(S(=O)(=O)c2ccc3c(c2)OCCO3)CC1. The Hall–Kier alpha value is -2.33. The lowest BCUT2D eigenvalue weighted by Crippen LogP contribution is -2.52. The van der Waals surface area contributed by atoms with E-state index in [0.29, 0.717) is 50.8 Å². The molecule has 0 radical (unpaired) electrons. The van der Waals surface area contributed by atoms with Crippen molar-refractivity contribution in [2.45, 2.75) is 17.7 Å². The number of rotatable bonds is 4. The van der Waals surface area contributed by atoms with E-state index in [4.69, 9.17) is 9.47 Å². The Kier molecular flexibility index (Phi) is 5.15. The molecule has 0 aliphatic carbocycles. The molecule has 28 heavy (non-hydrogen) atoms. The van der Waals surface area contributed by atoms with E-state index in [1.807, 2.05) is 0 Å². The smallest absolute Gasteiger partial charge is 0.243 e. The molecule has 0 N–H and O–H groups in total. The van der Waals surface area contributed by atoms with Gasteiger partial charge < -0.3 is 19.3 Å². The number of hydrogen-bond donors (Lipinski definition) is 0. The van der Waals surface area contributed by atoms with Crippen molar-refractivity contribution in [2.75, 3.05) is 52.5 Å². The van der Waals surface area contributed by atoms with Crippen LogP contribution in [0.25, 0.3) is 0 Å². The summed E-state index contributed by atoms with van der Waals surface area (Å²) in [4.78, 5) is 27.5. The summed E-state index contributed by atoms with van der Waals surface area (Å²) in [5.41, 5.74) is 0. The summed E-state index contributed by atoms with van der Waals surface area (Å²) < 4.78 is 38.2. The summed E-state index contributed by atoms with van der Waals surface area (Å²) in [6, 6.07) is 4.61. The maximum atomic E-state index is 12.9. The molecule has 0 spiro atoms. The van der Waals surface area contributed by atoms with Crippen LogP contribution < -0.4 is 9.47 Å². The number of carbonyl (C=O) groups is 2. The molecule has 0 unspecified atom stereocenters. The zero-order valence-corrected chi connectivity index (χ0v) is 16.3. The average Bonchev–Trinajstić information content (AvgIpc) is 3.12. The van der Waals surface area contributed by atoms with Gasteiger partial charge in [-0.15, -0.1) is 0 Å². The van der Waals surface area contributed by atoms with Crippen LogP contribution in [0.3, 0.4) is 0 Å². The summed E-state index contributed by atoms with van der Waals surface area (Å²) in [5.74, 6) is 0.841. The van der Waals surface area contributed by atoms with Gasteiger partial charge in [0.15, 0.2) is 11.5 Å². The van der Waals surface area contributed by atoms with Crippen molar-refractivity contribution < 1.29 is 27.5 Å². The fourth-order valence-corrected chi connectivity index (χ4v) is 5.08. The molecule has 3 aliphatic heterocycles. The Balaban J connectivity index is 1.38. The highest BCUT2D eigenvalue weighted by Crippen LogP contribution is 2.33. The topological polar surface area (TPSA) is 96.5 Å². The number of likely N-dealkylation sites (tertiary alicyclic amines) is 1. The van der Waals surface area contributed by atoms with Gasteiger partial charge in [-0.2, -0.15) is 4.31 Å². The first kappa shape index (κ1) is 19.0. The van der Waals surface area contributed by atoms with Gasteiger partial charge in [0.05, 0.1) is 11.4 Å². The van der Waals surface area contributed by atoms with Crippen LogP contribution in [0.1, 0.15) is 12.8 Å². The van der Waals surface area contributed by atoms with Crippen LogP contribution in [-0.4, -0.2) is 86.8 Å². The van der Waals surface area contributed by atoms with Crippen LogP contribution in [0, 0.1) is 0 Å². The number of ether oxygens (including phenoxy) is 2. The number of sulfonamides is 1. The fraction of sp³-hybridized carbons (Fsp3) is 0.556. The molecule has 0 bridgehead atoms. The molecule has 3 aliphatic rings. The number of fused-ring (bicyclic) bond motifs is 1. The zero-order chi connectivity index (χ0) is 19.7. The van der Waals surface area contributed by atoms with E-state index in [9.17, 15) is 18.0 Å². The molecule has 4 rings (SSSR count). The van der Waals surface area contributed by atoms with E-state index < -0.39 is 10.0 Å². The highest BCUT2D eigenvalue weighted by Gasteiger charge is 2.32. The minimum atomic E-state index is -3.68. The lowest BCUT2D eigenvalue weighted by atomic mass is 10.3. The molecular weight excluding hydrogens is 386 g/mol. The number of piperazine rings is 1. The molecule has 2 amide bonds. The summed E-state index contributed by atoms with van der Waals surface area (Å²) in [7, 11) is -3.68. The lowest BCUT2D eigenvalue weighted by molar-refractivity contribution is -0.139. The van der Waals surface area contributed by atoms with Gasteiger partial charge in [-0.1, -0.05) is 0 Å². The second-order valence-corrected chi connectivity index (χ2v) is 8.95. The second-order valence-electron chi connectivity index (χ2n) is 7.01. The number of benzene rings is 1. The number of carbonyl (C=O) groups excluding carboxylic acids is 2. The predicted molar refractivity (Wildman–Crippen MR) is 98.6 cm³/mol. The van der Waals surface area contributed by atoms with Crippen LogP contribution in [0.2, 0.25) is 0 Å². The first-order valence-corrected chi connectivity index (χ1v) is 10.8. The van der Waals surface area contributed by atoms with Crippen LogP contribution in [0.5, 0.6) is 11.5 Å². The van der Waals surface area contributed by atoms with Gasteiger partial charge >= 0.3 is 0 Å². The van der Waals surface area contributed by atoms with Crippen molar-refractivity contribution in [1.29, 1.82) is 0 Å².